The number of hydrogen-bond donors (Lipinski definition) is 1. The molecule has 2 nitrogen and oxygen atoms in total. The Hall–Kier alpha value is -1.30. The third kappa shape index (κ3) is 11.9. The summed E-state index contributed by atoms with van der Waals surface area (Å²) in [4.78, 5) is 0. The molecule has 1 aromatic rings. The second-order valence-electron chi connectivity index (χ2n) is 6.04. The van der Waals surface area contributed by atoms with Gasteiger partial charge in [-0.25, -0.2) is 0 Å². The maximum atomic E-state index is 9.92. The highest BCUT2D eigenvalue weighted by molar-refractivity contribution is 5.13. The molecule has 1 rings (SSSR count). The number of unbranched alkanes of at least 4 members (excludes halogenated alkanes) is 5. The van der Waals surface area contributed by atoms with Crippen LogP contribution in [0.4, 0.5) is 0 Å². The SMILES string of the molecule is CCCCCCC#CCCCC(O)CCOCc1ccccc1. The van der Waals surface area contributed by atoms with Crippen molar-refractivity contribution in [2.24, 2.45) is 0 Å². The molecular weight excluding hydrogens is 284 g/mol. The molecule has 0 saturated heterocycles. The van der Waals surface area contributed by atoms with E-state index in [-0.39, 0.29) is 6.10 Å². The number of rotatable bonds is 12. The predicted octanol–water partition coefficient (Wildman–Crippen LogP) is 5.10. The van der Waals surface area contributed by atoms with Crippen molar-refractivity contribution in [3.8, 4) is 11.8 Å². The van der Waals surface area contributed by atoms with E-state index < -0.39 is 0 Å². The van der Waals surface area contributed by atoms with Crippen LogP contribution >= 0.6 is 0 Å². The Morgan fingerprint density at radius 3 is 2.43 bits per heavy atom. The van der Waals surface area contributed by atoms with E-state index >= 15 is 0 Å². The molecule has 0 saturated carbocycles. The lowest BCUT2D eigenvalue weighted by atomic mass is 10.1. The van der Waals surface area contributed by atoms with E-state index in [0.29, 0.717) is 19.6 Å². The minimum absolute atomic E-state index is 0.267. The number of benzene rings is 1. The largest absolute Gasteiger partial charge is 0.393 e. The highest BCUT2D eigenvalue weighted by Gasteiger charge is 2.03. The summed E-state index contributed by atoms with van der Waals surface area (Å²) in [7, 11) is 0. The fourth-order valence-corrected chi connectivity index (χ4v) is 2.37. The van der Waals surface area contributed by atoms with E-state index in [0.717, 1.165) is 25.7 Å². The summed E-state index contributed by atoms with van der Waals surface area (Å²) in [6.45, 7) is 3.46. The van der Waals surface area contributed by atoms with Gasteiger partial charge in [-0.3, -0.25) is 0 Å². The molecule has 0 bridgehead atoms. The second kappa shape index (κ2) is 14.3. The first-order valence-corrected chi connectivity index (χ1v) is 9.08. The van der Waals surface area contributed by atoms with Crippen molar-refractivity contribution in [1.29, 1.82) is 0 Å². The normalized spacial score (nSPS) is 11.7. The molecule has 0 radical (unpaired) electrons. The molecule has 0 fully saturated rings. The summed E-state index contributed by atoms with van der Waals surface area (Å²) in [5.74, 6) is 6.45. The molecule has 128 valence electrons. The van der Waals surface area contributed by atoms with Crippen LogP contribution in [0.15, 0.2) is 30.3 Å². The first-order valence-electron chi connectivity index (χ1n) is 9.08. The van der Waals surface area contributed by atoms with Gasteiger partial charge in [0.1, 0.15) is 0 Å². The van der Waals surface area contributed by atoms with Gasteiger partial charge in [-0.05, 0) is 31.2 Å². The molecule has 0 amide bonds. The van der Waals surface area contributed by atoms with Crippen molar-refractivity contribution in [1.82, 2.24) is 0 Å². The molecule has 0 heterocycles. The molecule has 1 aromatic carbocycles. The number of aliphatic hydroxyl groups excluding tert-OH is 1. The average Bonchev–Trinajstić information content (AvgIpc) is 2.58. The van der Waals surface area contributed by atoms with Crippen molar-refractivity contribution >= 4 is 0 Å². The molecule has 0 aliphatic heterocycles. The van der Waals surface area contributed by atoms with Gasteiger partial charge in [0.25, 0.3) is 0 Å². The third-order valence-electron chi connectivity index (χ3n) is 3.83. The fraction of sp³-hybridized carbons (Fsp3) is 0.619. The maximum Gasteiger partial charge on any atom is 0.0716 e. The number of hydrogen-bond acceptors (Lipinski definition) is 2. The first-order chi connectivity index (χ1) is 11.3. The standard InChI is InChI=1S/C21H32O2/c1-2-3-4-5-6-7-8-9-13-16-21(22)17-18-23-19-20-14-11-10-12-15-20/h10-12,14-15,21-22H,2-6,9,13,16-19H2,1H3. The minimum atomic E-state index is -0.267. The van der Waals surface area contributed by atoms with E-state index in [1.165, 1.54) is 31.2 Å². The van der Waals surface area contributed by atoms with Gasteiger partial charge < -0.3 is 9.84 Å². The summed E-state index contributed by atoms with van der Waals surface area (Å²) in [5, 5.41) is 9.92. The lowest BCUT2D eigenvalue weighted by Crippen LogP contribution is -2.10. The van der Waals surface area contributed by atoms with Gasteiger partial charge in [-0.1, -0.05) is 56.5 Å². The molecule has 0 aliphatic carbocycles. The summed E-state index contributed by atoms with van der Waals surface area (Å²) in [6, 6.07) is 10.1. The molecule has 0 spiro atoms. The van der Waals surface area contributed by atoms with Crippen molar-refractivity contribution in [2.75, 3.05) is 6.61 Å². The van der Waals surface area contributed by atoms with Gasteiger partial charge in [0.05, 0.1) is 12.7 Å². The Morgan fingerprint density at radius 2 is 1.70 bits per heavy atom. The zero-order valence-electron chi connectivity index (χ0n) is 14.6. The van der Waals surface area contributed by atoms with Crippen molar-refractivity contribution in [3.05, 3.63) is 35.9 Å². The topological polar surface area (TPSA) is 29.5 Å². The van der Waals surface area contributed by atoms with Gasteiger partial charge in [-0.2, -0.15) is 0 Å². The van der Waals surface area contributed by atoms with Crippen LogP contribution in [0.2, 0.25) is 0 Å². The summed E-state index contributed by atoms with van der Waals surface area (Å²) >= 11 is 0. The molecule has 1 unspecified atom stereocenters. The van der Waals surface area contributed by atoms with Crippen molar-refractivity contribution in [2.45, 2.75) is 77.4 Å². The van der Waals surface area contributed by atoms with Gasteiger partial charge in [-0.15, -0.1) is 11.8 Å². The van der Waals surface area contributed by atoms with Crippen LogP contribution in [-0.2, 0) is 11.3 Å². The van der Waals surface area contributed by atoms with Crippen LogP contribution in [-0.4, -0.2) is 17.8 Å². The Bertz CT molecular complexity index is 430. The predicted molar refractivity (Wildman–Crippen MR) is 97.1 cm³/mol. The van der Waals surface area contributed by atoms with Crippen molar-refractivity contribution in [3.63, 3.8) is 0 Å². The molecular formula is C21H32O2. The van der Waals surface area contributed by atoms with E-state index in [4.69, 9.17) is 4.74 Å². The lowest BCUT2D eigenvalue weighted by Gasteiger charge is -2.10. The first kappa shape index (κ1) is 19.7. The van der Waals surface area contributed by atoms with Crippen molar-refractivity contribution < 1.29 is 9.84 Å². The second-order valence-corrected chi connectivity index (χ2v) is 6.04. The fourth-order valence-electron chi connectivity index (χ4n) is 2.37. The van der Waals surface area contributed by atoms with Crippen LogP contribution in [0.5, 0.6) is 0 Å². The van der Waals surface area contributed by atoms with E-state index in [2.05, 4.69) is 30.9 Å². The van der Waals surface area contributed by atoms with Crippen LogP contribution in [0.3, 0.4) is 0 Å². The Kier molecular flexibility index (Phi) is 12.3. The smallest absolute Gasteiger partial charge is 0.0716 e. The van der Waals surface area contributed by atoms with Gasteiger partial charge in [0, 0.05) is 19.4 Å². The van der Waals surface area contributed by atoms with Gasteiger partial charge >= 0.3 is 0 Å². The molecule has 1 N–H and O–H groups in total. The maximum absolute atomic E-state index is 9.92. The van der Waals surface area contributed by atoms with Crippen LogP contribution < -0.4 is 0 Å². The molecule has 0 aliphatic rings. The lowest BCUT2D eigenvalue weighted by molar-refractivity contribution is 0.0694. The Labute approximate surface area is 142 Å². The molecule has 0 aromatic heterocycles. The zero-order valence-corrected chi connectivity index (χ0v) is 14.6. The highest BCUT2D eigenvalue weighted by atomic mass is 16.5. The Morgan fingerprint density at radius 1 is 0.957 bits per heavy atom. The number of aliphatic hydroxyl groups is 1. The monoisotopic (exact) mass is 316 g/mol. The van der Waals surface area contributed by atoms with E-state index in [1.807, 2.05) is 18.2 Å². The van der Waals surface area contributed by atoms with Gasteiger partial charge in [0.15, 0.2) is 0 Å². The molecule has 2 heteroatoms. The van der Waals surface area contributed by atoms with Crippen LogP contribution in [0, 0.1) is 11.8 Å². The average molecular weight is 316 g/mol. The summed E-state index contributed by atoms with van der Waals surface area (Å²) in [5.41, 5.74) is 1.18. The van der Waals surface area contributed by atoms with Gasteiger partial charge in [0.2, 0.25) is 0 Å². The zero-order chi connectivity index (χ0) is 16.6. The summed E-state index contributed by atoms with van der Waals surface area (Å²) < 4.78 is 5.59. The number of ether oxygens (including phenoxy) is 1. The highest BCUT2D eigenvalue weighted by Crippen LogP contribution is 2.06. The van der Waals surface area contributed by atoms with Crippen LogP contribution in [0.25, 0.3) is 0 Å². The Balaban J connectivity index is 1.92. The third-order valence-corrected chi connectivity index (χ3v) is 3.83. The van der Waals surface area contributed by atoms with E-state index in [1.54, 1.807) is 0 Å². The minimum Gasteiger partial charge on any atom is -0.393 e. The van der Waals surface area contributed by atoms with E-state index in [9.17, 15) is 5.11 Å². The quantitative estimate of drug-likeness (QED) is 0.429. The van der Waals surface area contributed by atoms with Crippen LogP contribution in [0.1, 0.15) is 70.3 Å². The summed E-state index contributed by atoms with van der Waals surface area (Å²) in [6.07, 6.45) is 9.27. The molecule has 1 atom stereocenters. The molecule has 23 heavy (non-hydrogen) atoms.